The maximum atomic E-state index is 9.97. The average molecular weight is 288 g/mol. The van der Waals surface area contributed by atoms with Crippen molar-refractivity contribution in [3.05, 3.63) is 23.8 Å². The minimum atomic E-state index is 0.0872. The van der Waals surface area contributed by atoms with Gasteiger partial charge in [0.2, 0.25) is 0 Å². The summed E-state index contributed by atoms with van der Waals surface area (Å²) in [5.74, 6) is 2.77. The molecule has 1 fully saturated rings. The van der Waals surface area contributed by atoms with E-state index in [4.69, 9.17) is 0 Å². The van der Waals surface area contributed by atoms with Crippen LogP contribution >= 0.6 is 0 Å². The van der Waals surface area contributed by atoms with E-state index in [2.05, 4.69) is 45.9 Å². The molecule has 5 atom stereocenters. The predicted octanol–water partition coefficient (Wildman–Crippen LogP) is 4.97. The van der Waals surface area contributed by atoms with Gasteiger partial charge in [-0.05, 0) is 65.8 Å². The van der Waals surface area contributed by atoms with Crippen LogP contribution in [0, 0.1) is 34.5 Å². The van der Waals surface area contributed by atoms with Gasteiger partial charge >= 0.3 is 0 Å². The summed E-state index contributed by atoms with van der Waals surface area (Å²) < 4.78 is 0. The van der Waals surface area contributed by atoms with Gasteiger partial charge in [0.05, 0.1) is 0 Å². The van der Waals surface area contributed by atoms with Crippen molar-refractivity contribution in [1.29, 1.82) is 0 Å². The highest BCUT2D eigenvalue weighted by molar-refractivity contribution is 5.34. The monoisotopic (exact) mass is 288 g/mol. The van der Waals surface area contributed by atoms with Crippen LogP contribution in [0.25, 0.3) is 0 Å². The van der Waals surface area contributed by atoms with Gasteiger partial charge in [0.1, 0.15) is 0 Å². The zero-order valence-corrected chi connectivity index (χ0v) is 14.2. The van der Waals surface area contributed by atoms with Crippen molar-refractivity contribution in [1.82, 2.24) is 0 Å². The molecule has 1 heteroatoms. The van der Waals surface area contributed by atoms with Crippen molar-refractivity contribution in [3.8, 4) is 0 Å². The summed E-state index contributed by atoms with van der Waals surface area (Å²) in [5.41, 5.74) is 2.04. The predicted molar refractivity (Wildman–Crippen MR) is 88.9 cm³/mol. The first kappa shape index (κ1) is 15.3. The fourth-order valence-electron chi connectivity index (χ4n) is 5.59. The van der Waals surface area contributed by atoms with Crippen molar-refractivity contribution < 1.29 is 5.11 Å². The normalized spacial score (nSPS) is 46.0. The van der Waals surface area contributed by atoms with E-state index in [1.807, 2.05) is 0 Å². The van der Waals surface area contributed by atoms with Crippen LogP contribution in [0.1, 0.15) is 59.8 Å². The van der Waals surface area contributed by atoms with Gasteiger partial charge in [0.15, 0.2) is 0 Å². The molecule has 1 N–H and O–H groups in total. The lowest BCUT2D eigenvalue weighted by Crippen LogP contribution is -2.50. The van der Waals surface area contributed by atoms with E-state index < -0.39 is 0 Å². The Morgan fingerprint density at radius 2 is 2.00 bits per heavy atom. The maximum absolute atomic E-state index is 9.97. The van der Waals surface area contributed by atoms with Gasteiger partial charge in [-0.25, -0.2) is 0 Å². The summed E-state index contributed by atoms with van der Waals surface area (Å²) in [4.78, 5) is 0. The summed E-state index contributed by atoms with van der Waals surface area (Å²) in [5, 5.41) is 9.97. The first-order valence-corrected chi connectivity index (χ1v) is 8.91. The fourth-order valence-corrected chi connectivity index (χ4v) is 5.59. The van der Waals surface area contributed by atoms with E-state index in [1.165, 1.54) is 32.1 Å². The lowest BCUT2D eigenvalue weighted by atomic mass is 9.47. The first-order chi connectivity index (χ1) is 9.90. The van der Waals surface area contributed by atoms with Crippen LogP contribution in [0.2, 0.25) is 0 Å². The quantitative estimate of drug-likeness (QED) is 0.760. The van der Waals surface area contributed by atoms with Gasteiger partial charge < -0.3 is 5.11 Å². The molecule has 0 aromatic carbocycles. The Labute approximate surface area is 130 Å². The Morgan fingerprint density at radius 3 is 2.67 bits per heavy atom. The third-order valence-electron chi connectivity index (χ3n) is 7.02. The van der Waals surface area contributed by atoms with Crippen LogP contribution in [-0.2, 0) is 0 Å². The molecule has 118 valence electrons. The van der Waals surface area contributed by atoms with E-state index in [0.717, 1.165) is 11.8 Å². The van der Waals surface area contributed by atoms with Gasteiger partial charge in [0.25, 0.3) is 0 Å². The number of aliphatic hydroxyl groups excluding tert-OH is 1. The van der Waals surface area contributed by atoms with Crippen LogP contribution in [-0.4, -0.2) is 11.7 Å². The number of fused-ring (bicyclic) bond motifs is 3. The zero-order chi connectivity index (χ0) is 15.3. The molecule has 0 saturated heterocycles. The van der Waals surface area contributed by atoms with Crippen molar-refractivity contribution in [2.45, 2.75) is 59.8 Å². The van der Waals surface area contributed by atoms with Gasteiger partial charge in [-0.3, -0.25) is 0 Å². The summed E-state index contributed by atoms with van der Waals surface area (Å²) in [7, 11) is 0. The Hall–Kier alpha value is -0.560. The molecule has 0 aromatic rings. The highest BCUT2D eigenvalue weighted by atomic mass is 16.3. The van der Waals surface area contributed by atoms with E-state index in [0.29, 0.717) is 23.9 Å². The number of rotatable bonds is 2. The molecule has 3 aliphatic rings. The van der Waals surface area contributed by atoms with Crippen LogP contribution < -0.4 is 0 Å². The highest BCUT2D eigenvalue weighted by Gasteiger charge is 2.53. The van der Waals surface area contributed by atoms with Crippen molar-refractivity contribution in [3.63, 3.8) is 0 Å². The van der Waals surface area contributed by atoms with Crippen LogP contribution in [0.5, 0.6) is 0 Å². The average Bonchev–Trinajstić information content (AvgIpc) is 2.46. The zero-order valence-electron chi connectivity index (χ0n) is 14.2. The van der Waals surface area contributed by atoms with Crippen LogP contribution in [0.4, 0.5) is 0 Å². The van der Waals surface area contributed by atoms with Crippen molar-refractivity contribution >= 4 is 0 Å². The molecule has 0 amide bonds. The topological polar surface area (TPSA) is 20.2 Å². The molecule has 21 heavy (non-hydrogen) atoms. The minimum absolute atomic E-state index is 0.0872. The Balaban J connectivity index is 1.98. The highest BCUT2D eigenvalue weighted by Crippen LogP contribution is 2.61. The first-order valence-electron chi connectivity index (χ1n) is 8.91. The number of aliphatic hydroxyl groups is 1. The van der Waals surface area contributed by atoms with Gasteiger partial charge in [0, 0.05) is 6.61 Å². The second-order valence-corrected chi connectivity index (χ2v) is 8.71. The molecule has 5 unspecified atom stereocenters. The van der Waals surface area contributed by atoms with E-state index in [9.17, 15) is 5.11 Å². The second kappa shape index (κ2) is 5.26. The molecule has 0 radical (unpaired) electrons. The number of hydrogen-bond acceptors (Lipinski definition) is 1. The molecule has 0 spiro atoms. The standard InChI is InChI=1S/C20H32O/c1-14(2)15-6-8-17-16(12-15)7-9-18-19(3,13-21)10-5-11-20(17,18)4/h7,9,12,14-15,17-18,21H,5-6,8,10-11,13H2,1-4H3. The summed E-state index contributed by atoms with van der Waals surface area (Å²) in [6, 6.07) is 0. The lowest BCUT2D eigenvalue weighted by Gasteiger charge is -2.57. The summed E-state index contributed by atoms with van der Waals surface area (Å²) >= 11 is 0. The molecule has 0 heterocycles. The van der Waals surface area contributed by atoms with Gasteiger partial charge in [-0.1, -0.05) is 52.3 Å². The molecule has 1 nitrogen and oxygen atoms in total. The van der Waals surface area contributed by atoms with Gasteiger partial charge in [-0.2, -0.15) is 0 Å². The molecule has 0 aliphatic heterocycles. The maximum Gasteiger partial charge on any atom is 0.0490 e. The van der Waals surface area contributed by atoms with Crippen LogP contribution in [0.15, 0.2) is 23.8 Å². The molecule has 3 rings (SSSR count). The fraction of sp³-hybridized carbons (Fsp3) is 0.800. The number of allylic oxidation sites excluding steroid dienone is 4. The van der Waals surface area contributed by atoms with E-state index >= 15 is 0 Å². The molecule has 3 aliphatic carbocycles. The Morgan fingerprint density at radius 1 is 1.24 bits per heavy atom. The Bertz CT molecular complexity index is 460. The largest absolute Gasteiger partial charge is 0.396 e. The molecular weight excluding hydrogens is 256 g/mol. The van der Waals surface area contributed by atoms with Crippen molar-refractivity contribution in [2.75, 3.05) is 6.61 Å². The summed E-state index contributed by atoms with van der Waals surface area (Å²) in [6.07, 6.45) is 13.9. The second-order valence-electron chi connectivity index (χ2n) is 8.71. The SMILES string of the molecule is CC(C)C1C=C2C=CC3C(C)(CO)CCCC3(C)C2CC1. The molecular formula is C20H32O. The van der Waals surface area contributed by atoms with Crippen molar-refractivity contribution in [2.24, 2.45) is 34.5 Å². The van der Waals surface area contributed by atoms with E-state index in [-0.39, 0.29) is 5.41 Å². The van der Waals surface area contributed by atoms with Gasteiger partial charge in [-0.15, -0.1) is 0 Å². The molecule has 1 saturated carbocycles. The minimum Gasteiger partial charge on any atom is -0.396 e. The molecule has 0 bridgehead atoms. The summed E-state index contributed by atoms with van der Waals surface area (Å²) in [6.45, 7) is 9.83. The third kappa shape index (κ3) is 2.32. The molecule has 0 aromatic heterocycles. The lowest BCUT2D eigenvalue weighted by molar-refractivity contribution is -0.0496. The Kier molecular flexibility index (Phi) is 3.84. The van der Waals surface area contributed by atoms with E-state index in [1.54, 1.807) is 5.57 Å². The third-order valence-corrected chi connectivity index (χ3v) is 7.02. The number of hydrogen-bond donors (Lipinski definition) is 1. The smallest absolute Gasteiger partial charge is 0.0490 e. The van der Waals surface area contributed by atoms with Crippen LogP contribution in [0.3, 0.4) is 0 Å².